The molecule has 184 valence electrons. The fraction of sp³-hybridized carbons (Fsp3) is 0.259. The molecule has 1 atom stereocenters. The molecule has 1 aliphatic rings. The third kappa shape index (κ3) is 5.32. The van der Waals surface area contributed by atoms with Gasteiger partial charge in [-0.05, 0) is 97.4 Å². The van der Waals surface area contributed by atoms with Crippen molar-refractivity contribution in [2.24, 2.45) is 0 Å². The molecule has 0 bridgehead atoms. The maximum absolute atomic E-state index is 13.8. The van der Waals surface area contributed by atoms with E-state index in [4.69, 9.17) is 0 Å². The molecule has 2 aromatic heterocycles. The third-order valence-electron chi connectivity index (χ3n) is 6.49. The number of hydrogen-bond donors (Lipinski definition) is 3. The summed E-state index contributed by atoms with van der Waals surface area (Å²) in [4.78, 5) is 21.2. The van der Waals surface area contributed by atoms with Crippen molar-refractivity contribution in [1.82, 2.24) is 23.9 Å². The lowest BCUT2D eigenvalue weighted by Gasteiger charge is -2.32. The molecular formula is C27H28N6OS2. The van der Waals surface area contributed by atoms with Gasteiger partial charge in [0.2, 0.25) is 5.91 Å². The van der Waals surface area contributed by atoms with Crippen LogP contribution in [-0.2, 0) is 24.3 Å². The van der Waals surface area contributed by atoms with Crippen LogP contribution in [0.3, 0.4) is 0 Å². The summed E-state index contributed by atoms with van der Waals surface area (Å²) in [7, 11) is 1.91. The minimum atomic E-state index is -0.394. The number of H-pyrrole nitrogens is 1. The van der Waals surface area contributed by atoms with Crippen LogP contribution in [-0.4, -0.2) is 40.0 Å². The maximum atomic E-state index is 13.8. The Bertz CT molecular complexity index is 1400. The highest BCUT2D eigenvalue weighted by molar-refractivity contribution is 7.97. The summed E-state index contributed by atoms with van der Waals surface area (Å²) in [5, 5.41) is 10.5. The Balaban J connectivity index is 1.34. The number of aryl methyl sites for hydroxylation is 1. The first kappa shape index (κ1) is 24.5. The zero-order valence-electron chi connectivity index (χ0n) is 20.0. The number of nitriles is 1. The first-order valence-electron chi connectivity index (χ1n) is 11.9. The smallest absolute Gasteiger partial charge is 0.240 e. The van der Waals surface area contributed by atoms with E-state index < -0.39 is 6.04 Å². The largest absolute Gasteiger partial charge is 0.361 e. The number of carbonyl (C=O) groups is 1. The van der Waals surface area contributed by atoms with Crippen molar-refractivity contribution in [2.75, 3.05) is 13.6 Å². The Labute approximate surface area is 219 Å². The van der Waals surface area contributed by atoms with E-state index >= 15 is 0 Å². The highest BCUT2D eigenvalue weighted by atomic mass is 32.2. The highest BCUT2D eigenvalue weighted by Crippen LogP contribution is 2.28. The zero-order valence-corrected chi connectivity index (χ0v) is 21.7. The van der Waals surface area contributed by atoms with Gasteiger partial charge in [-0.25, -0.2) is 4.72 Å². The molecular weight excluding hydrogens is 488 g/mol. The Hall–Kier alpha value is -3.16. The summed E-state index contributed by atoms with van der Waals surface area (Å²) in [6.45, 7) is 1.89. The molecule has 1 amide bonds. The number of fused-ring (bicyclic) bond motifs is 2. The summed E-state index contributed by atoms with van der Waals surface area (Å²) in [6.07, 6.45) is 5.26. The third-order valence-corrected chi connectivity index (χ3v) is 8.16. The van der Waals surface area contributed by atoms with E-state index in [-0.39, 0.29) is 5.91 Å². The SMILES string of the molecule is CNSc1ccc2c(c1)CN(C(=O)C(CCn1cccc1C#N)NSc1cccc3[nH]ccc13)CC2. The van der Waals surface area contributed by atoms with Gasteiger partial charge in [0.1, 0.15) is 11.8 Å². The molecule has 1 unspecified atom stereocenters. The molecule has 3 heterocycles. The number of aromatic amines is 1. The number of carbonyl (C=O) groups excluding carboxylic acids is 1. The number of nitrogens with zero attached hydrogens (tertiary/aromatic N) is 3. The summed E-state index contributed by atoms with van der Waals surface area (Å²) < 4.78 is 8.50. The van der Waals surface area contributed by atoms with E-state index in [1.807, 2.05) is 47.1 Å². The zero-order chi connectivity index (χ0) is 24.9. The highest BCUT2D eigenvalue weighted by Gasteiger charge is 2.28. The van der Waals surface area contributed by atoms with Gasteiger partial charge in [0.05, 0.1) is 6.04 Å². The minimum Gasteiger partial charge on any atom is -0.361 e. The predicted octanol–water partition coefficient (Wildman–Crippen LogP) is 4.71. The molecule has 0 radical (unpaired) electrons. The molecule has 0 aliphatic carbocycles. The fourth-order valence-corrected chi connectivity index (χ4v) is 6.11. The van der Waals surface area contributed by atoms with Crippen LogP contribution in [0.15, 0.2) is 76.8 Å². The first-order valence-corrected chi connectivity index (χ1v) is 13.6. The molecule has 2 aromatic carbocycles. The van der Waals surface area contributed by atoms with Crippen molar-refractivity contribution in [2.45, 2.75) is 41.8 Å². The molecule has 7 nitrogen and oxygen atoms in total. The molecule has 0 saturated heterocycles. The molecule has 3 N–H and O–H groups in total. The van der Waals surface area contributed by atoms with Crippen LogP contribution in [0.5, 0.6) is 0 Å². The summed E-state index contributed by atoms with van der Waals surface area (Å²) in [5.41, 5.74) is 4.19. The Morgan fingerprint density at radius 3 is 2.94 bits per heavy atom. The quantitative estimate of drug-likeness (QED) is 0.279. The molecule has 36 heavy (non-hydrogen) atoms. The fourth-order valence-electron chi connectivity index (χ4n) is 4.62. The molecule has 0 spiro atoms. The lowest BCUT2D eigenvalue weighted by Crippen LogP contribution is -2.46. The van der Waals surface area contributed by atoms with Crippen molar-refractivity contribution in [3.8, 4) is 6.07 Å². The van der Waals surface area contributed by atoms with Crippen LogP contribution < -0.4 is 9.44 Å². The standard InChI is InChI=1S/C27H28N6OS2/c1-29-35-22-8-7-19-10-14-33(18-20(19)16-22)27(34)25(11-15-32-13-3-4-21(32)17-28)31-36-26-6-2-5-24-23(26)9-12-30-24/h2-9,12-13,16,25,29-31H,10-11,14-15,18H2,1H3. The lowest BCUT2D eigenvalue weighted by atomic mass is 9.99. The van der Waals surface area contributed by atoms with Crippen molar-refractivity contribution in [1.29, 1.82) is 5.26 Å². The Morgan fingerprint density at radius 1 is 1.17 bits per heavy atom. The van der Waals surface area contributed by atoms with Crippen LogP contribution in [0.25, 0.3) is 10.9 Å². The molecule has 5 rings (SSSR count). The van der Waals surface area contributed by atoms with E-state index in [0.29, 0.717) is 31.7 Å². The Kier molecular flexibility index (Phi) is 7.68. The number of aromatic nitrogens is 2. The predicted molar refractivity (Wildman–Crippen MR) is 145 cm³/mol. The monoisotopic (exact) mass is 516 g/mol. The molecule has 0 fully saturated rings. The van der Waals surface area contributed by atoms with Gasteiger partial charge in [0.15, 0.2) is 0 Å². The van der Waals surface area contributed by atoms with Gasteiger partial charge in [0, 0.05) is 52.7 Å². The first-order chi connectivity index (χ1) is 17.7. The van der Waals surface area contributed by atoms with Gasteiger partial charge in [-0.15, -0.1) is 0 Å². The van der Waals surface area contributed by atoms with Gasteiger partial charge in [-0.1, -0.05) is 12.1 Å². The second-order valence-electron chi connectivity index (χ2n) is 8.70. The maximum Gasteiger partial charge on any atom is 0.240 e. The van der Waals surface area contributed by atoms with E-state index in [1.54, 1.807) is 18.0 Å². The van der Waals surface area contributed by atoms with Gasteiger partial charge in [-0.2, -0.15) is 5.26 Å². The Morgan fingerprint density at radius 2 is 2.08 bits per heavy atom. The van der Waals surface area contributed by atoms with Gasteiger partial charge >= 0.3 is 0 Å². The van der Waals surface area contributed by atoms with Crippen molar-refractivity contribution >= 4 is 40.7 Å². The van der Waals surface area contributed by atoms with Gasteiger partial charge in [0.25, 0.3) is 0 Å². The number of benzene rings is 2. The van der Waals surface area contributed by atoms with E-state index in [2.05, 4.69) is 50.8 Å². The molecule has 0 saturated carbocycles. The average molecular weight is 517 g/mol. The number of rotatable bonds is 9. The number of nitrogens with one attached hydrogen (secondary N) is 3. The van der Waals surface area contributed by atoms with E-state index in [9.17, 15) is 10.1 Å². The second kappa shape index (κ2) is 11.3. The van der Waals surface area contributed by atoms with Crippen LogP contribution in [0.4, 0.5) is 0 Å². The number of hydrogen-bond acceptors (Lipinski definition) is 6. The molecule has 4 aromatic rings. The summed E-state index contributed by atoms with van der Waals surface area (Å²) >= 11 is 3.07. The van der Waals surface area contributed by atoms with Crippen LogP contribution in [0.1, 0.15) is 23.2 Å². The van der Waals surface area contributed by atoms with Crippen molar-refractivity contribution in [3.63, 3.8) is 0 Å². The van der Waals surface area contributed by atoms with Crippen molar-refractivity contribution in [3.05, 3.63) is 83.8 Å². The van der Waals surface area contributed by atoms with Crippen LogP contribution in [0, 0.1) is 11.3 Å². The normalized spacial score (nSPS) is 13.9. The van der Waals surface area contributed by atoms with E-state index in [0.717, 1.165) is 27.1 Å². The van der Waals surface area contributed by atoms with Crippen molar-refractivity contribution < 1.29 is 4.79 Å². The summed E-state index contributed by atoms with van der Waals surface area (Å²) in [5.74, 6) is 0.0896. The van der Waals surface area contributed by atoms with Crippen LogP contribution >= 0.6 is 23.9 Å². The van der Waals surface area contributed by atoms with Gasteiger partial charge in [-0.3, -0.25) is 9.52 Å². The molecule has 9 heteroatoms. The van der Waals surface area contributed by atoms with Gasteiger partial charge < -0.3 is 14.5 Å². The van der Waals surface area contributed by atoms with E-state index in [1.165, 1.54) is 23.1 Å². The topological polar surface area (TPSA) is 88.9 Å². The molecule has 1 aliphatic heterocycles. The number of amides is 1. The minimum absolute atomic E-state index is 0.0896. The summed E-state index contributed by atoms with van der Waals surface area (Å²) in [6, 6.07) is 20.2. The lowest BCUT2D eigenvalue weighted by molar-refractivity contribution is -0.134. The second-order valence-corrected chi connectivity index (χ2v) is 10.7. The average Bonchev–Trinajstić information content (AvgIpc) is 3.58. The van der Waals surface area contributed by atoms with Crippen LogP contribution in [0.2, 0.25) is 0 Å².